The van der Waals surface area contributed by atoms with Crippen molar-refractivity contribution in [2.75, 3.05) is 19.0 Å². The number of benzene rings is 3. The number of aryl methyl sites for hydroxylation is 1. The van der Waals surface area contributed by atoms with Crippen LogP contribution < -0.4 is 15.4 Å². The Kier molecular flexibility index (Phi) is 6.63. The van der Waals surface area contributed by atoms with E-state index < -0.39 is 0 Å². The van der Waals surface area contributed by atoms with Crippen molar-refractivity contribution in [3.63, 3.8) is 0 Å². The third kappa shape index (κ3) is 4.64. The van der Waals surface area contributed by atoms with Gasteiger partial charge in [0.15, 0.2) is 0 Å². The number of rotatable bonds is 7. The van der Waals surface area contributed by atoms with Crippen LogP contribution in [-0.2, 0) is 11.8 Å². The van der Waals surface area contributed by atoms with Crippen molar-refractivity contribution >= 4 is 28.5 Å². The van der Waals surface area contributed by atoms with Crippen molar-refractivity contribution in [2.45, 2.75) is 19.8 Å². The maximum absolute atomic E-state index is 13.0. The average Bonchev–Trinajstić information content (AvgIpc) is 3.18. The monoisotopic (exact) mass is 456 g/mol. The Balaban J connectivity index is 1.71. The Bertz CT molecular complexity index is 1350. The van der Waals surface area contributed by atoms with E-state index in [0.717, 1.165) is 16.6 Å². The third-order valence-electron chi connectivity index (χ3n) is 5.83. The fraction of sp³-hybridized carbons (Fsp3) is 0.222. The highest BCUT2D eigenvalue weighted by Crippen LogP contribution is 2.34. The SMILES string of the molecule is COc1ccccc1-c1nc2cc(C(=O)NCC(C)c3ccccc3)cc(NC(C)=O)c2n1C. The summed E-state index contributed by atoms with van der Waals surface area (Å²) in [6.07, 6.45) is 0. The van der Waals surface area contributed by atoms with Gasteiger partial charge >= 0.3 is 0 Å². The second kappa shape index (κ2) is 9.79. The molecule has 1 atom stereocenters. The molecule has 34 heavy (non-hydrogen) atoms. The number of nitrogens with zero attached hydrogens (tertiary/aromatic N) is 2. The molecule has 1 heterocycles. The fourth-order valence-corrected chi connectivity index (χ4v) is 4.09. The summed E-state index contributed by atoms with van der Waals surface area (Å²) in [5, 5.41) is 5.86. The van der Waals surface area contributed by atoms with Crippen LogP contribution in [0.15, 0.2) is 66.7 Å². The van der Waals surface area contributed by atoms with E-state index >= 15 is 0 Å². The van der Waals surface area contributed by atoms with E-state index in [-0.39, 0.29) is 17.7 Å². The molecule has 2 amide bonds. The first-order valence-corrected chi connectivity index (χ1v) is 11.1. The summed E-state index contributed by atoms with van der Waals surface area (Å²) in [6.45, 7) is 4.00. The maximum atomic E-state index is 13.0. The first-order chi connectivity index (χ1) is 16.4. The summed E-state index contributed by atoms with van der Waals surface area (Å²) in [6, 6.07) is 21.1. The molecule has 2 N–H and O–H groups in total. The number of anilines is 1. The number of hydrogen-bond acceptors (Lipinski definition) is 4. The van der Waals surface area contributed by atoms with Crippen LogP contribution in [0.25, 0.3) is 22.4 Å². The number of ether oxygens (including phenoxy) is 1. The van der Waals surface area contributed by atoms with Crippen molar-refractivity contribution in [1.82, 2.24) is 14.9 Å². The number of methoxy groups -OCH3 is 1. The number of imidazole rings is 1. The third-order valence-corrected chi connectivity index (χ3v) is 5.83. The Morgan fingerprint density at radius 3 is 2.47 bits per heavy atom. The van der Waals surface area contributed by atoms with Gasteiger partial charge in [0.1, 0.15) is 11.6 Å². The Morgan fingerprint density at radius 2 is 1.76 bits per heavy atom. The second-order valence-electron chi connectivity index (χ2n) is 8.29. The molecule has 0 aliphatic carbocycles. The zero-order valence-corrected chi connectivity index (χ0v) is 19.8. The maximum Gasteiger partial charge on any atom is 0.251 e. The quantitative estimate of drug-likeness (QED) is 0.421. The van der Waals surface area contributed by atoms with Gasteiger partial charge in [-0.2, -0.15) is 0 Å². The minimum absolute atomic E-state index is 0.163. The van der Waals surface area contributed by atoms with Crippen molar-refractivity contribution in [3.05, 3.63) is 77.9 Å². The molecule has 7 heteroatoms. The highest BCUT2D eigenvalue weighted by atomic mass is 16.5. The lowest BCUT2D eigenvalue weighted by Crippen LogP contribution is -2.27. The normalized spacial score (nSPS) is 11.8. The van der Waals surface area contributed by atoms with Crippen LogP contribution in [-0.4, -0.2) is 35.0 Å². The zero-order chi connectivity index (χ0) is 24.2. The zero-order valence-electron chi connectivity index (χ0n) is 19.8. The molecule has 0 spiro atoms. The number of aromatic nitrogens is 2. The molecule has 0 aliphatic rings. The van der Waals surface area contributed by atoms with E-state index in [4.69, 9.17) is 9.72 Å². The van der Waals surface area contributed by atoms with Crippen molar-refractivity contribution < 1.29 is 14.3 Å². The molecular formula is C27H28N4O3. The number of carbonyl (C=O) groups excluding carboxylic acids is 2. The summed E-state index contributed by atoms with van der Waals surface area (Å²) in [5.41, 5.74) is 4.27. The summed E-state index contributed by atoms with van der Waals surface area (Å²) in [4.78, 5) is 29.8. The van der Waals surface area contributed by atoms with Crippen LogP contribution in [0.5, 0.6) is 5.75 Å². The molecular weight excluding hydrogens is 428 g/mol. The molecule has 7 nitrogen and oxygen atoms in total. The van der Waals surface area contributed by atoms with Gasteiger partial charge in [0.25, 0.3) is 5.91 Å². The van der Waals surface area contributed by atoms with Gasteiger partial charge in [0.05, 0.1) is 29.4 Å². The van der Waals surface area contributed by atoms with Crippen LogP contribution in [0.1, 0.15) is 35.7 Å². The van der Waals surface area contributed by atoms with E-state index in [1.54, 1.807) is 19.2 Å². The average molecular weight is 457 g/mol. The van der Waals surface area contributed by atoms with Gasteiger partial charge < -0.3 is 19.9 Å². The van der Waals surface area contributed by atoms with Crippen molar-refractivity contribution in [3.8, 4) is 17.1 Å². The Hall–Kier alpha value is -4.13. The van der Waals surface area contributed by atoms with Gasteiger partial charge in [-0.1, -0.05) is 49.4 Å². The highest BCUT2D eigenvalue weighted by Gasteiger charge is 2.20. The first kappa shape index (κ1) is 23.0. The van der Waals surface area contributed by atoms with E-state index in [2.05, 4.69) is 17.6 Å². The summed E-state index contributed by atoms with van der Waals surface area (Å²) < 4.78 is 7.41. The minimum Gasteiger partial charge on any atom is -0.496 e. The number of carbonyl (C=O) groups is 2. The number of nitrogens with one attached hydrogen (secondary N) is 2. The lowest BCUT2D eigenvalue weighted by Gasteiger charge is -2.14. The number of para-hydroxylation sites is 1. The lowest BCUT2D eigenvalue weighted by atomic mass is 10.0. The van der Waals surface area contributed by atoms with Crippen LogP contribution in [0.3, 0.4) is 0 Å². The van der Waals surface area contributed by atoms with Gasteiger partial charge in [0.2, 0.25) is 5.91 Å². The first-order valence-electron chi connectivity index (χ1n) is 11.1. The predicted molar refractivity (Wildman–Crippen MR) is 134 cm³/mol. The molecule has 0 saturated carbocycles. The molecule has 0 aliphatic heterocycles. The van der Waals surface area contributed by atoms with E-state index in [1.165, 1.54) is 6.92 Å². The molecule has 3 aromatic carbocycles. The Morgan fingerprint density at radius 1 is 1.06 bits per heavy atom. The van der Waals surface area contributed by atoms with Crippen molar-refractivity contribution in [1.29, 1.82) is 0 Å². The van der Waals surface area contributed by atoms with E-state index in [9.17, 15) is 9.59 Å². The van der Waals surface area contributed by atoms with Gasteiger partial charge in [-0.3, -0.25) is 9.59 Å². The summed E-state index contributed by atoms with van der Waals surface area (Å²) in [5.74, 6) is 1.08. The smallest absolute Gasteiger partial charge is 0.251 e. The molecule has 0 bridgehead atoms. The number of fused-ring (bicyclic) bond motifs is 1. The summed E-state index contributed by atoms with van der Waals surface area (Å²) >= 11 is 0. The molecule has 1 aromatic heterocycles. The van der Waals surface area contributed by atoms with Gasteiger partial charge in [-0.25, -0.2) is 4.98 Å². The van der Waals surface area contributed by atoms with Crippen LogP contribution in [0.2, 0.25) is 0 Å². The van der Waals surface area contributed by atoms with Crippen LogP contribution in [0.4, 0.5) is 5.69 Å². The predicted octanol–water partition coefficient (Wildman–Crippen LogP) is 4.74. The van der Waals surface area contributed by atoms with Crippen molar-refractivity contribution in [2.24, 2.45) is 7.05 Å². The second-order valence-corrected chi connectivity index (χ2v) is 8.29. The molecule has 174 valence electrons. The number of hydrogen-bond donors (Lipinski definition) is 2. The van der Waals surface area contributed by atoms with Gasteiger partial charge in [-0.15, -0.1) is 0 Å². The molecule has 0 fully saturated rings. The fourth-order valence-electron chi connectivity index (χ4n) is 4.09. The summed E-state index contributed by atoms with van der Waals surface area (Å²) in [7, 11) is 3.49. The van der Waals surface area contributed by atoms with E-state index in [0.29, 0.717) is 34.9 Å². The van der Waals surface area contributed by atoms with Gasteiger partial charge in [-0.05, 0) is 35.7 Å². The Labute approximate surface area is 198 Å². The van der Waals surface area contributed by atoms with Gasteiger partial charge in [0, 0.05) is 26.1 Å². The molecule has 4 rings (SSSR count). The number of amides is 2. The highest BCUT2D eigenvalue weighted by molar-refractivity contribution is 6.05. The lowest BCUT2D eigenvalue weighted by molar-refractivity contribution is -0.114. The molecule has 4 aromatic rings. The molecule has 0 radical (unpaired) electrons. The topological polar surface area (TPSA) is 85.2 Å². The minimum atomic E-state index is -0.225. The molecule has 1 unspecified atom stereocenters. The van der Waals surface area contributed by atoms with Crippen LogP contribution >= 0.6 is 0 Å². The molecule has 0 saturated heterocycles. The largest absolute Gasteiger partial charge is 0.496 e. The van der Waals surface area contributed by atoms with E-state index in [1.807, 2.05) is 66.2 Å². The standard InChI is InChI=1S/C27H28N4O3/c1-17(19-10-6-5-7-11-19)16-28-27(33)20-14-22(29-18(2)32)25-23(15-20)30-26(31(25)3)21-12-8-9-13-24(21)34-4/h5-15,17H,16H2,1-4H3,(H,28,33)(H,29,32). The van der Waals surface area contributed by atoms with Crippen LogP contribution in [0, 0.1) is 0 Å².